The van der Waals surface area contributed by atoms with Crippen LogP contribution in [0.15, 0.2) is 48.7 Å². The molecule has 0 spiro atoms. The number of carbonyl (C=O) groups excluding carboxylic acids is 2. The zero-order valence-corrected chi connectivity index (χ0v) is 16.1. The van der Waals surface area contributed by atoms with Gasteiger partial charge in [-0.1, -0.05) is 18.2 Å². The Bertz CT molecular complexity index is 1020. The number of aromatic nitrogens is 2. The molecule has 0 atom stereocenters. The van der Waals surface area contributed by atoms with Crippen LogP contribution in [0.2, 0.25) is 0 Å². The highest BCUT2D eigenvalue weighted by atomic mass is 19.1. The monoisotopic (exact) mass is 394 g/mol. The second kappa shape index (κ2) is 8.43. The van der Waals surface area contributed by atoms with Gasteiger partial charge in [0, 0.05) is 25.8 Å². The lowest BCUT2D eigenvalue weighted by atomic mass is 10.1. The fourth-order valence-electron chi connectivity index (χ4n) is 3.65. The van der Waals surface area contributed by atoms with Crippen LogP contribution in [0, 0.1) is 5.82 Å². The molecule has 1 saturated heterocycles. The molecule has 2 amide bonds. The molecule has 1 aromatic carbocycles. The number of carbonyl (C=O) groups is 2. The molecule has 150 valence electrons. The summed E-state index contributed by atoms with van der Waals surface area (Å²) in [5.41, 5.74) is 1.88. The van der Waals surface area contributed by atoms with Crippen molar-refractivity contribution >= 4 is 17.3 Å². The fraction of sp³-hybridized carbons (Fsp3) is 0.318. The molecule has 1 aliphatic heterocycles. The second-order valence-corrected chi connectivity index (χ2v) is 7.23. The summed E-state index contributed by atoms with van der Waals surface area (Å²) in [7, 11) is 0. The number of hydrogen-bond donors (Lipinski definition) is 1. The van der Waals surface area contributed by atoms with E-state index in [0.29, 0.717) is 24.2 Å². The number of imidazole rings is 1. The summed E-state index contributed by atoms with van der Waals surface area (Å²) >= 11 is 0. The molecule has 1 N–H and O–H groups in total. The summed E-state index contributed by atoms with van der Waals surface area (Å²) in [4.78, 5) is 31.9. The number of piperidine rings is 1. The first-order chi connectivity index (χ1) is 14.1. The highest BCUT2D eigenvalue weighted by Crippen LogP contribution is 2.18. The van der Waals surface area contributed by atoms with Crippen LogP contribution in [-0.2, 0) is 6.42 Å². The number of likely N-dealkylation sites (tertiary alicyclic amines) is 1. The molecular formula is C22H23FN4O2. The van der Waals surface area contributed by atoms with Crippen molar-refractivity contribution in [1.82, 2.24) is 19.6 Å². The molecule has 0 radical (unpaired) electrons. The topological polar surface area (TPSA) is 66.7 Å². The molecular weight excluding hydrogens is 371 g/mol. The molecule has 0 unspecified atom stereocenters. The van der Waals surface area contributed by atoms with Crippen LogP contribution in [0.1, 0.15) is 45.9 Å². The van der Waals surface area contributed by atoms with E-state index in [1.807, 2.05) is 11.0 Å². The van der Waals surface area contributed by atoms with Gasteiger partial charge in [0.05, 0.1) is 5.52 Å². The summed E-state index contributed by atoms with van der Waals surface area (Å²) in [5, 5.41) is 2.85. The molecule has 6 nitrogen and oxygen atoms in total. The quantitative estimate of drug-likeness (QED) is 0.723. The van der Waals surface area contributed by atoms with E-state index in [-0.39, 0.29) is 23.5 Å². The number of pyridine rings is 1. The van der Waals surface area contributed by atoms with Gasteiger partial charge in [0.1, 0.15) is 5.82 Å². The molecule has 2 aromatic heterocycles. The van der Waals surface area contributed by atoms with E-state index in [2.05, 4.69) is 10.3 Å². The molecule has 29 heavy (non-hydrogen) atoms. The van der Waals surface area contributed by atoms with Gasteiger partial charge in [0.2, 0.25) is 5.82 Å². The minimum atomic E-state index is -0.342. The number of nitrogens with zero attached hydrogens (tertiary/aromatic N) is 3. The third-order valence-corrected chi connectivity index (χ3v) is 5.21. The highest BCUT2D eigenvalue weighted by Gasteiger charge is 2.25. The van der Waals surface area contributed by atoms with Crippen molar-refractivity contribution in [2.24, 2.45) is 0 Å². The van der Waals surface area contributed by atoms with Crippen molar-refractivity contribution in [2.45, 2.75) is 25.7 Å². The van der Waals surface area contributed by atoms with Gasteiger partial charge in [0.25, 0.3) is 11.8 Å². The molecule has 3 aromatic rings. The number of benzene rings is 1. The minimum absolute atomic E-state index is 0.126. The first-order valence-corrected chi connectivity index (χ1v) is 9.92. The number of nitrogens with one attached hydrogen (secondary N) is 1. The Morgan fingerprint density at radius 3 is 2.55 bits per heavy atom. The molecule has 0 bridgehead atoms. The lowest BCUT2D eigenvalue weighted by Crippen LogP contribution is -2.36. The van der Waals surface area contributed by atoms with E-state index < -0.39 is 0 Å². The summed E-state index contributed by atoms with van der Waals surface area (Å²) in [6, 6.07) is 11.6. The van der Waals surface area contributed by atoms with Crippen molar-refractivity contribution in [3.63, 3.8) is 0 Å². The Labute approximate surface area is 168 Å². The van der Waals surface area contributed by atoms with Gasteiger partial charge in [-0.2, -0.15) is 0 Å². The normalized spacial score (nSPS) is 14.2. The molecule has 3 heterocycles. The number of halogens is 1. The second-order valence-electron chi connectivity index (χ2n) is 7.23. The number of rotatable bonds is 5. The predicted octanol–water partition coefficient (Wildman–Crippen LogP) is 3.07. The molecule has 7 heteroatoms. The fourth-order valence-corrected chi connectivity index (χ4v) is 3.65. The Balaban J connectivity index is 1.51. The van der Waals surface area contributed by atoms with Crippen molar-refractivity contribution in [3.8, 4) is 0 Å². The van der Waals surface area contributed by atoms with E-state index in [0.717, 1.165) is 37.9 Å². The van der Waals surface area contributed by atoms with Gasteiger partial charge in [-0.15, -0.1) is 0 Å². The molecule has 0 saturated carbocycles. The van der Waals surface area contributed by atoms with Crippen molar-refractivity contribution in [2.75, 3.05) is 19.6 Å². The Kier molecular flexibility index (Phi) is 5.55. The van der Waals surface area contributed by atoms with E-state index in [4.69, 9.17) is 0 Å². The Hall–Kier alpha value is -3.22. The average Bonchev–Trinajstić information content (AvgIpc) is 3.15. The van der Waals surface area contributed by atoms with E-state index in [9.17, 15) is 14.0 Å². The zero-order valence-electron chi connectivity index (χ0n) is 16.1. The van der Waals surface area contributed by atoms with Crippen LogP contribution in [-0.4, -0.2) is 45.7 Å². The molecule has 0 aliphatic carbocycles. The smallest absolute Gasteiger partial charge is 0.287 e. The Morgan fingerprint density at radius 2 is 1.79 bits per heavy atom. The third kappa shape index (κ3) is 4.13. The summed E-state index contributed by atoms with van der Waals surface area (Å²) in [5.74, 6) is -0.558. The van der Waals surface area contributed by atoms with E-state index >= 15 is 0 Å². The maximum Gasteiger partial charge on any atom is 0.287 e. The van der Waals surface area contributed by atoms with Gasteiger partial charge >= 0.3 is 0 Å². The van der Waals surface area contributed by atoms with Crippen molar-refractivity contribution < 1.29 is 14.0 Å². The first kappa shape index (κ1) is 19.1. The van der Waals surface area contributed by atoms with Crippen molar-refractivity contribution in [3.05, 3.63) is 71.6 Å². The van der Waals surface area contributed by atoms with Crippen LogP contribution >= 0.6 is 0 Å². The number of fused-ring (bicyclic) bond motifs is 1. The van der Waals surface area contributed by atoms with Crippen LogP contribution in [0.4, 0.5) is 4.39 Å². The van der Waals surface area contributed by atoms with Gasteiger partial charge in [0.15, 0.2) is 5.69 Å². The minimum Gasteiger partial charge on any atom is -0.349 e. The average molecular weight is 394 g/mol. The van der Waals surface area contributed by atoms with Crippen molar-refractivity contribution in [1.29, 1.82) is 0 Å². The lowest BCUT2D eigenvalue weighted by molar-refractivity contribution is 0.0721. The zero-order chi connectivity index (χ0) is 20.2. The highest BCUT2D eigenvalue weighted by molar-refractivity contribution is 6.02. The SMILES string of the molecule is O=C(NCCc1ccc(F)cc1)c1nc(C(=O)N2CCCCC2)c2ccccn12. The van der Waals surface area contributed by atoms with E-state index in [1.54, 1.807) is 34.9 Å². The summed E-state index contributed by atoms with van der Waals surface area (Å²) in [6.45, 7) is 1.84. The van der Waals surface area contributed by atoms with Gasteiger partial charge in [-0.25, -0.2) is 9.37 Å². The predicted molar refractivity (Wildman–Crippen MR) is 107 cm³/mol. The Morgan fingerprint density at radius 1 is 1.03 bits per heavy atom. The summed E-state index contributed by atoms with van der Waals surface area (Å²) in [6.07, 6.45) is 5.44. The van der Waals surface area contributed by atoms with Gasteiger partial charge in [-0.05, 0) is 55.5 Å². The standard InChI is InChI=1S/C22H23FN4O2/c23-17-9-7-16(8-10-17)11-12-24-21(28)20-25-19(18-6-2-5-15-27(18)20)22(29)26-13-3-1-4-14-26/h2,5-10,15H,1,3-4,11-14H2,(H,24,28). The first-order valence-electron chi connectivity index (χ1n) is 9.92. The molecule has 1 fully saturated rings. The van der Waals surface area contributed by atoms with Gasteiger partial charge in [-0.3, -0.25) is 14.0 Å². The maximum atomic E-state index is 13.0. The maximum absolute atomic E-state index is 13.0. The molecule has 4 rings (SSSR count). The van der Waals surface area contributed by atoms with Crippen LogP contribution in [0.5, 0.6) is 0 Å². The van der Waals surface area contributed by atoms with Crippen LogP contribution in [0.3, 0.4) is 0 Å². The number of amides is 2. The largest absolute Gasteiger partial charge is 0.349 e. The van der Waals surface area contributed by atoms with Crippen LogP contribution < -0.4 is 5.32 Å². The van der Waals surface area contributed by atoms with Crippen LogP contribution in [0.25, 0.3) is 5.52 Å². The van der Waals surface area contributed by atoms with Gasteiger partial charge < -0.3 is 10.2 Å². The molecule has 1 aliphatic rings. The number of hydrogen-bond acceptors (Lipinski definition) is 3. The van der Waals surface area contributed by atoms with E-state index in [1.165, 1.54) is 12.1 Å². The third-order valence-electron chi connectivity index (χ3n) is 5.21. The summed E-state index contributed by atoms with van der Waals surface area (Å²) < 4.78 is 14.7. The lowest BCUT2D eigenvalue weighted by Gasteiger charge is -2.25.